The lowest BCUT2D eigenvalue weighted by Crippen LogP contribution is -2.56. The number of piperidine rings is 1. The van der Waals surface area contributed by atoms with Gasteiger partial charge in [0, 0.05) is 17.9 Å². The Balaban J connectivity index is 2.43. The first-order chi connectivity index (χ1) is 8.43. The molecule has 0 bridgehead atoms. The first-order valence-corrected chi connectivity index (χ1v) is 6.27. The van der Waals surface area contributed by atoms with Crippen molar-refractivity contribution >= 4 is 11.9 Å². The standard InChI is InChI=1S/C13H19N3O2/c1-9-8-10(2)15-12(14-9)16-7-5-4-6-13(16,3)11(17)18/h8H,4-7H2,1-3H3,(H,17,18). The van der Waals surface area contributed by atoms with Gasteiger partial charge in [0.1, 0.15) is 5.54 Å². The molecule has 0 spiro atoms. The van der Waals surface area contributed by atoms with Gasteiger partial charge in [-0.3, -0.25) is 0 Å². The van der Waals surface area contributed by atoms with Crippen LogP contribution < -0.4 is 4.90 Å². The molecule has 0 saturated carbocycles. The third kappa shape index (κ3) is 2.17. The van der Waals surface area contributed by atoms with E-state index in [4.69, 9.17) is 0 Å². The molecule has 1 aromatic heterocycles. The van der Waals surface area contributed by atoms with Crippen LogP contribution in [0.1, 0.15) is 37.6 Å². The third-order valence-corrected chi connectivity index (χ3v) is 3.56. The predicted octanol–water partition coefficient (Wildman–Crippen LogP) is 1.93. The number of carbonyl (C=O) groups is 1. The second-order valence-electron chi connectivity index (χ2n) is 5.14. The Labute approximate surface area is 107 Å². The van der Waals surface area contributed by atoms with Gasteiger partial charge in [0.15, 0.2) is 0 Å². The molecular formula is C13H19N3O2. The zero-order valence-electron chi connectivity index (χ0n) is 11.1. The van der Waals surface area contributed by atoms with Crippen molar-refractivity contribution in [2.24, 2.45) is 0 Å². The first kappa shape index (κ1) is 12.8. The summed E-state index contributed by atoms with van der Waals surface area (Å²) in [5.41, 5.74) is 0.852. The van der Waals surface area contributed by atoms with Crippen LogP contribution in [0, 0.1) is 13.8 Å². The Morgan fingerprint density at radius 1 is 1.33 bits per heavy atom. The summed E-state index contributed by atoms with van der Waals surface area (Å²) in [5.74, 6) is -0.262. The van der Waals surface area contributed by atoms with Gasteiger partial charge in [-0.25, -0.2) is 14.8 Å². The lowest BCUT2D eigenvalue weighted by Gasteiger charge is -2.41. The van der Waals surface area contributed by atoms with Crippen molar-refractivity contribution in [2.75, 3.05) is 11.4 Å². The van der Waals surface area contributed by atoms with Crippen molar-refractivity contribution in [1.82, 2.24) is 9.97 Å². The fraction of sp³-hybridized carbons (Fsp3) is 0.615. The van der Waals surface area contributed by atoms with Crippen LogP contribution in [-0.2, 0) is 4.79 Å². The van der Waals surface area contributed by atoms with Gasteiger partial charge in [-0.05, 0) is 46.1 Å². The van der Waals surface area contributed by atoms with Crippen molar-refractivity contribution in [3.05, 3.63) is 17.5 Å². The Hall–Kier alpha value is -1.65. The molecule has 0 radical (unpaired) electrons. The van der Waals surface area contributed by atoms with Crippen molar-refractivity contribution < 1.29 is 9.90 Å². The second kappa shape index (κ2) is 4.55. The highest BCUT2D eigenvalue weighted by atomic mass is 16.4. The van der Waals surface area contributed by atoms with Gasteiger partial charge in [0.25, 0.3) is 0 Å². The molecular weight excluding hydrogens is 230 g/mol. The SMILES string of the molecule is Cc1cc(C)nc(N2CCCCC2(C)C(=O)O)n1. The van der Waals surface area contributed by atoms with Crippen molar-refractivity contribution in [3.63, 3.8) is 0 Å². The topological polar surface area (TPSA) is 66.3 Å². The summed E-state index contributed by atoms with van der Waals surface area (Å²) in [6.07, 6.45) is 2.56. The Morgan fingerprint density at radius 2 is 1.94 bits per heavy atom. The largest absolute Gasteiger partial charge is 0.480 e. The van der Waals surface area contributed by atoms with Gasteiger partial charge >= 0.3 is 5.97 Å². The van der Waals surface area contributed by atoms with E-state index in [2.05, 4.69) is 9.97 Å². The van der Waals surface area contributed by atoms with E-state index in [-0.39, 0.29) is 0 Å². The van der Waals surface area contributed by atoms with E-state index in [1.807, 2.05) is 24.8 Å². The minimum atomic E-state index is -0.890. The summed E-state index contributed by atoms with van der Waals surface area (Å²) in [5, 5.41) is 9.47. The van der Waals surface area contributed by atoms with Gasteiger partial charge in [-0.15, -0.1) is 0 Å². The molecule has 1 fully saturated rings. The Bertz CT molecular complexity index is 455. The van der Waals surface area contributed by atoms with Gasteiger partial charge in [0.05, 0.1) is 0 Å². The molecule has 0 aromatic carbocycles. The molecule has 2 rings (SSSR count). The fourth-order valence-electron chi connectivity index (χ4n) is 2.49. The molecule has 1 N–H and O–H groups in total. The number of aliphatic carboxylic acids is 1. The van der Waals surface area contributed by atoms with Crippen LogP contribution in [0.3, 0.4) is 0 Å². The number of aromatic nitrogens is 2. The molecule has 0 aliphatic carbocycles. The molecule has 18 heavy (non-hydrogen) atoms. The molecule has 1 saturated heterocycles. The highest BCUT2D eigenvalue weighted by Crippen LogP contribution is 2.31. The number of carboxylic acid groups (broad SMARTS) is 1. The van der Waals surface area contributed by atoms with E-state index in [1.165, 1.54) is 0 Å². The summed E-state index contributed by atoms with van der Waals surface area (Å²) in [6, 6.07) is 1.89. The van der Waals surface area contributed by atoms with Crippen molar-refractivity contribution in [3.8, 4) is 0 Å². The van der Waals surface area contributed by atoms with Crippen LogP contribution >= 0.6 is 0 Å². The maximum Gasteiger partial charge on any atom is 0.329 e. The molecule has 5 heteroatoms. The third-order valence-electron chi connectivity index (χ3n) is 3.56. The molecule has 1 aliphatic rings. The summed E-state index contributed by atoms with van der Waals surface area (Å²) < 4.78 is 0. The number of rotatable bonds is 2. The van der Waals surface area contributed by atoms with Crippen LogP contribution in [0.15, 0.2) is 6.07 Å². The Morgan fingerprint density at radius 3 is 2.50 bits per heavy atom. The number of aryl methyl sites for hydroxylation is 2. The summed E-state index contributed by atoms with van der Waals surface area (Å²) >= 11 is 0. The summed E-state index contributed by atoms with van der Waals surface area (Å²) in [4.78, 5) is 22.1. The van der Waals surface area contributed by atoms with Gasteiger partial charge in [-0.1, -0.05) is 0 Å². The van der Waals surface area contributed by atoms with E-state index in [0.29, 0.717) is 18.9 Å². The maximum atomic E-state index is 11.5. The Kier molecular flexibility index (Phi) is 3.24. The van der Waals surface area contributed by atoms with Crippen molar-refractivity contribution in [2.45, 2.75) is 45.6 Å². The predicted molar refractivity (Wildman–Crippen MR) is 68.7 cm³/mol. The number of nitrogens with zero attached hydrogens (tertiary/aromatic N) is 3. The molecule has 2 heterocycles. The minimum absolute atomic E-state index is 0.539. The normalized spacial score (nSPS) is 24.1. The number of hydrogen-bond acceptors (Lipinski definition) is 4. The lowest BCUT2D eigenvalue weighted by atomic mass is 9.89. The van der Waals surface area contributed by atoms with E-state index in [0.717, 1.165) is 24.2 Å². The highest BCUT2D eigenvalue weighted by molar-refractivity contribution is 5.82. The highest BCUT2D eigenvalue weighted by Gasteiger charge is 2.42. The van der Waals surface area contributed by atoms with Crippen LogP contribution in [-0.4, -0.2) is 33.1 Å². The van der Waals surface area contributed by atoms with E-state index >= 15 is 0 Å². The molecule has 1 atom stereocenters. The molecule has 1 unspecified atom stereocenters. The molecule has 1 aliphatic heterocycles. The quantitative estimate of drug-likeness (QED) is 0.867. The zero-order chi connectivity index (χ0) is 13.3. The number of hydrogen-bond donors (Lipinski definition) is 1. The molecule has 98 valence electrons. The van der Waals surface area contributed by atoms with E-state index in [1.54, 1.807) is 6.92 Å². The number of anilines is 1. The maximum absolute atomic E-state index is 11.5. The van der Waals surface area contributed by atoms with Crippen LogP contribution in [0.25, 0.3) is 0 Å². The van der Waals surface area contributed by atoms with E-state index in [9.17, 15) is 9.90 Å². The van der Waals surface area contributed by atoms with Gasteiger partial charge in [-0.2, -0.15) is 0 Å². The zero-order valence-corrected chi connectivity index (χ0v) is 11.1. The van der Waals surface area contributed by atoms with Crippen LogP contribution in [0.4, 0.5) is 5.95 Å². The van der Waals surface area contributed by atoms with Crippen LogP contribution in [0.2, 0.25) is 0 Å². The smallest absolute Gasteiger partial charge is 0.329 e. The summed E-state index contributed by atoms with van der Waals surface area (Å²) in [7, 11) is 0. The van der Waals surface area contributed by atoms with Gasteiger partial charge < -0.3 is 10.0 Å². The van der Waals surface area contributed by atoms with Gasteiger partial charge in [0.2, 0.25) is 5.95 Å². The molecule has 5 nitrogen and oxygen atoms in total. The lowest BCUT2D eigenvalue weighted by molar-refractivity contribution is -0.143. The fourth-order valence-corrected chi connectivity index (χ4v) is 2.49. The average Bonchev–Trinajstić information content (AvgIpc) is 2.28. The summed E-state index contributed by atoms with van der Waals surface area (Å²) in [6.45, 7) is 6.27. The first-order valence-electron chi connectivity index (χ1n) is 6.27. The number of carboxylic acids is 1. The van der Waals surface area contributed by atoms with Crippen LogP contribution in [0.5, 0.6) is 0 Å². The van der Waals surface area contributed by atoms with E-state index < -0.39 is 11.5 Å². The molecule has 1 aromatic rings. The van der Waals surface area contributed by atoms with Crippen molar-refractivity contribution in [1.29, 1.82) is 0 Å². The monoisotopic (exact) mass is 249 g/mol. The molecule has 0 amide bonds. The second-order valence-corrected chi connectivity index (χ2v) is 5.14. The average molecular weight is 249 g/mol. The minimum Gasteiger partial charge on any atom is -0.480 e.